The standard InChI is InChI=1S/C16H18N4O3/c1-2-23-12-11-17-13-3-5-14(6-4-13)18-19-15-7-9-16(10-8-15)20(21)22/h3-10,17H,2,11-12H2,1H3. The van der Waals surface area contributed by atoms with Crippen LogP contribution in [0, 0.1) is 10.1 Å². The molecule has 0 aliphatic heterocycles. The first-order valence-corrected chi connectivity index (χ1v) is 7.27. The van der Waals surface area contributed by atoms with Crippen molar-refractivity contribution in [2.24, 2.45) is 10.2 Å². The van der Waals surface area contributed by atoms with E-state index in [0.717, 1.165) is 12.2 Å². The van der Waals surface area contributed by atoms with Gasteiger partial charge < -0.3 is 10.1 Å². The molecular formula is C16H18N4O3. The monoisotopic (exact) mass is 314 g/mol. The molecule has 0 amide bonds. The van der Waals surface area contributed by atoms with Crippen LogP contribution in [0.4, 0.5) is 22.7 Å². The minimum absolute atomic E-state index is 0.0337. The zero-order valence-electron chi connectivity index (χ0n) is 12.8. The Hall–Kier alpha value is -2.80. The summed E-state index contributed by atoms with van der Waals surface area (Å²) in [5, 5.41) is 22.0. The third-order valence-electron chi connectivity index (χ3n) is 2.99. The van der Waals surface area contributed by atoms with Gasteiger partial charge in [0.05, 0.1) is 22.9 Å². The van der Waals surface area contributed by atoms with Gasteiger partial charge in [0, 0.05) is 31.0 Å². The summed E-state index contributed by atoms with van der Waals surface area (Å²) in [5.41, 5.74) is 2.29. The van der Waals surface area contributed by atoms with Gasteiger partial charge in [0.1, 0.15) is 0 Å². The summed E-state index contributed by atoms with van der Waals surface area (Å²) in [4.78, 5) is 10.1. The maximum absolute atomic E-state index is 10.6. The number of hydrogen-bond donors (Lipinski definition) is 1. The first-order valence-electron chi connectivity index (χ1n) is 7.27. The van der Waals surface area contributed by atoms with E-state index in [1.165, 1.54) is 12.1 Å². The minimum Gasteiger partial charge on any atom is -0.383 e. The maximum atomic E-state index is 10.6. The average molecular weight is 314 g/mol. The van der Waals surface area contributed by atoms with Crippen LogP contribution in [0.15, 0.2) is 58.8 Å². The molecule has 0 bridgehead atoms. The zero-order chi connectivity index (χ0) is 16.5. The zero-order valence-corrected chi connectivity index (χ0v) is 12.8. The van der Waals surface area contributed by atoms with Gasteiger partial charge in [-0.25, -0.2) is 0 Å². The maximum Gasteiger partial charge on any atom is 0.269 e. The van der Waals surface area contributed by atoms with Crippen LogP contribution in [-0.4, -0.2) is 24.7 Å². The van der Waals surface area contributed by atoms with E-state index in [1.807, 2.05) is 31.2 Å². The number of azo groups is 1. The molecule has 0 unspecified atom stereocenters. The van der Waals surface area contributed by atoms with Crippen molar-refractivity contribution in [3.8, 4) is 0 Å². The number of rotatable bonds is 8. The van der Waals surface area contributed by atoms with Crippen molar-refractivity contribution in [3.63, 3.8) is 0 Å². The quantitative estimate of drug-likeness (QED) is 0.337. The molecule has 0 saturated heterocycles. The van der Waals surface area contributed by atoms with Gasteiger partial charge in [-0.2, -0.15) is 10.2 Å². The van der Waals surface area contributed by atoms with Crippen LogP contribution in [0.5, 0.6) is 0 Å². The van der Waals surface area contributed by atoms with Crippen molar-refractivity contribution in [1.82, 2.24) is 0 Å². The lowest BCUT2D eigenvalue weighted by molar-refractivity contribution is -0.384. The Morgan fingerprint density at radius 3 is 2.13 bits per heavy atom. The smallest absolute Gasteiger partial charge is 0.269 e. The number of nitrogens with one attached hydrogen (secondary N) is 1. The Kier molecular flexibility index (Phi) is 6.19. The lowest BCUT2D eigenvalue weighted by atomic mass is 10.3. The highest BCUT2D eigenvalue weighted by Crippen LogP contribution is 2.22. The van der Waals surface area contributed by atoms with Crippen molar-refractivity contribution < 1.29 is 9.66 Å². The van der Waals surface area contributed by atoms with Gasteiger partial charge in [-0.3, -0.25) is 10.1 Å². The molecule has 1 N–H and O–H groups in total. The number of benzene rings is 2. The van der Waals surface area contributed by atoms with E-state index in [1.54, 1.807) is 12.1 Å². The van der Waals surface area contributed by atoms with E-state index in [0.29, 0.717) is 24.6 Å². The van der Waals surface area contributed by atoms with Crippen LogP contribution in [0.1, 0.15) is 6.92 Å². The van der Waals surface area contributed by atoms with Gasteiger partial charge in [-0.1, -0.05) is 0 Å². The van der Waals surface area contributed by atoms with Gasteiger partial charge in [0.25, 0.3) is 5.69 Å². The molecule has 2 rings (SSSR count). The first kappa shape index (κ1) is 16.6. The Bertz CT molecular complexity index is 654. The summed E-state index contributed by atoms with van der Waals surface area (Å²) in [7, 11) is 0. The van der Waals surface area contributed by atoms with Crippen molar-refractivity contribution in [2.45, 2.75) is 6.92 Å². The number of ether oxygens (including phenoxy) is 1. The van der Waals surface area contributed by atoms with Crippen molar-refractivity contribution in [1.29, 1.82) is 0 Å². The fourth-order valence-electron chi connectivity index (χ4n) is 1.81. The fraction of sp³-hybridized carbons (Fsp3) is 0.250. The molecule has 7 heteroatoms. The highest BCUT2D eigenvalue weighted by molar-refractivity contribution is 5.51. The summed E-state index contributed by atoms with van der Waals surface area (Å²) >= 11 is 0. The molecule has 7 nitrogen and oxygen atoms in total. The molecule has 2 aromatic carbocycles. The Morgan fingerprint density at radius 1 is 1.04 bits per heavy atom. The van der Waals surface area contributed by atoms with E-state index in [2.05, 4.69) is 15.5 Å². The van der Waals surface area contributed by atoms with Crippen LogP contribution >= 0.6 is 0 Å². The lowest BCUT2D eigenvalue weighted by Gasteiger charge is -2.06. The highest BCUT2D eigenvalue weighted by atomic mass is 16.6. The van der Waals surface area contributed by atoms with E-state index >= 15 is 0 Å². The number of nitro groups is 1. The van der Waals surface area contributed by atoms with Crippen molar-refractivity contribution >= 4 is 22.7 Å². The van der Waals surface area contributed by atoms with Crippen LogP contribution in [0.2, 0.25) is 0 Å². The van der Waals surface area contributed by atoms with E-state index in [-0.39, 0.29) is 5.69 Å². The molecule has 0 heterocycles. The molecule has 0 saturated carbocycles. The fourth-order valence-corrected chi connectivity index (χ4v) is 1.81. The summed E-state index contributed by atoms with van der Waals surface area (Å²) in [5.74, 6) is 0. The summed E-state index contributed by atoms with van der Waals surface area (Å²) in [6.45, 7) is 4.09. The second-order valence-electron chi connectivity index (χ2n) is 4.64. The van der Waals surface area contributed by atoms with E-state index < -0.39 is 4.92 Å². The van der Waals surface area contributed by atoms with Gasteiger partial charge in [0.2, 0.25) is 0 Å². The molecule has 0 aliphatic rings. The van der Waals surface area contributed by atoms with E-state index in [9.17, 15) is 10.1 Å². The summed E-state index contributed by atoms with van der Waals surface area (Å²) in [6, 6.07) is 13.4. The topological polar surface area (TPSA) is 89.1 Å². The number of nitrogens with zero attached hydrogens (tertiary/aromatic N) is 3. The predicted octanol–water partition coefficient (Wildman–Crippen LogP) is 4.46. The number of anilines is 1. The van der Waals surface area contributed by atoms with E-state index in [4.69, 9.17) is 4.74 Å². The van der Waals surface area contributed by atoms with Gasteiger partial charge in [0.15, 0.2) is 0 Å². The lowest BCUT2D eigenvalue weighted by Crippen LogP contribution is -2.08. The molecule has 0 spiro atoms. The number of nitro benzene ring substituents is 1. The van der Waals surface area contributed by atoms with Gasteiger partial charge in [-0.05, 0) is 43.3 Å². The Labute approximate surface area is 134 Å². The Morgan fingerprint density at radius 2 is 1.61 bits per heavy atom. The normalized spacial score (nSPS) is 10.8. The SMILES string of the molecule is CCOCCNc1ccc(N=Nc2ccc([N+](=O)[O-])cc2)cc1. The summed E-state index contributed by atoms with van der Waals surface area (Å²) < 4.78 is 5.25. The summed E-state index contributed by atoms with van der Waals surface area (Å²) in [6.07, 6.45) is 0. The molecule has 0 fully saturated rings. The molecule has 23 heavy (non-hydrogen) atoms. The predicted molar refractivity (Wildman–Crippen MR) is 88.7 cm³/mol. The molecule has 2 aromatic rings. The van der Waals surface area contributed by atoms with Gasteiger partial charge >= 0.3 is 0 Å². The van der Waals surface area contributed by atoms with Crippen LogP contribution in [0.25, 0.3) is 0 Å². The second kappa shape index (κ2) is 8.60. The molecular weight excluding hydrogens is 296 g/mol. The van der Waals surface area contributed by atoms with Gasteiger partial charge in [-0.15, -0.1) is 0 Å². The molecule has 0 aromatic heterocycles. The second-order valence-corrected chi connectivity index (χ2v) is 4.64. The molecule has 0 aliphatic carbocycles. The molecule has 0 radical (unpaired) electrons. The highest BCUT2D eigenvalue weighted by Gasteiger charge is 2.03. The minimum atomic E-state index is -0.446. The molecule has 120 valence electrons. The third-order valence-corrected chi connectivity index (χ3v) is 2.99. The van der Waals surface area contributed by atoms with Crippen LogP contribution in [0.3, 0.4) is 0 Å². The largest absolute Gasteiger partial charge is 0.383 e. The van der Waals surface area contributed by atoms with Crippen LogP contribution < -0.4 is 5.32 Å². The number of non-ortho nitro benzene ring substituents is 1. The third kappa shape index (κ3) is 5.48. The van der Waals surface area contributed by atoms with Crippen LogP contribution in [-0.2, 0) is 4.74 Å². The first-order chi connectivity index (χ1) is 11.2. The number of hydrogen-bond acceptors (Lipinski definition) is 6. The van der Waals surface area contributed by atoms with Crippen molar-refractivity contribution in [2.75, 3.05) is 25.1 Å². The van der Waals surface area contributed by atoms with Crippen molar-refractivity contribution in [3.05, 3.63) is 58.6 Å². The Balaban J connectivity index is 1.90. The molecule has 0 atom stereocenters. The average Bonchev–Trinajstić information content (AvgIpc) is 2.58.